The number of carbonyl (C=O) groups excluding carboxylic acids is 2. The van der Waals surface area contributed by atoms with Crippen LogP contribution < -0.4 is 0 Å². The number of carbonyl (C=O) groups is 2. The molecule has 0 saturated heterocycles. The van der Waals surface area contributed by atoms with Gasteiger partial charge in [-0.3, -0.25) is 9.59 Å². The molecular formula is C51H94O5. The molecule has 5 nitrogen and oxygen atoms in total. The highest BCUT2D eigenvalue weighted by Crippen LogP contribution is 2.16. The molecule has 328 valence electrons. The Morgan fingerprint density at radius 2 is 0.714 bits per heavy atom. The minimum atomic E-state index is -0.768. The molecule has 0 spiro atoms. The Morgan fingerprint density at radius 3 is 1.07 bits per heavy atom. The van der Waals surface area contributed by atoms with Gasteiger partial charge in [0.15, 0.2) is 6.10 Å². The quantitative estimate of drug-likeness (QED) is 0.0378. The third-order valence-electron chi connectivity index (χ3n) is 10.9. The van der Waals surface area contributed by atoms with Crippen molar-refractivity contribution in [3.05, 3.63) is 36.5 Å². The predicted molar refractivity (Wildman–Crippen MR) is 242 cm³/mol. The molecular weight excluding hydrogens is 693 g/mol. The van der Waals surface area contributed by atoms with Crippen molar-refractivity contribution in [2.75, 3.05) is 13.2 Å². The monoisotopic (exact) mass is 787 g/mol. The first kappa shape index (κ1) is 54.1. The Morgan fingerprint density at radius 1 is 0.411 bits per heavy atom. The fourth-order valence-electron chi connectivity index (χ4n) is 7.21. The summed E-state index contributed by atoms with van der Waals surface area (Å²) < 4.78 is 10.7. The van der Waals surface area contributed by atoms with Crippen LogP contribution in [0.25, 0.3) is 0 Å². The fourth-order valence-corrected chi connectivity index (χ4v) is 7.21. The van der Waals surface area contributed by atoms with Gasteiger partial charge in [0.2, 0.25) is 0 Å². The van der Waals surface area contributed by atoms with Gasteiger partial charge < -0.3 is 14.6 Å². The van der Waals surface area contributed by atoms with Gasteiger partial charge in [-0.25, -0.2) is 0 Å². The highest BCUT2D eigenvalue weighted by molar-refractivity contribution is 5.70. The smallest absolute Gasteiger partial charge is 0.306 e. The zero-order valence-electron chi connectivity index (χ0n) is 37.4. The van der Waals surface area contributed by atoms with E-state index in [0.29, 0.717) is 12.8 Å². The van der Waals surface area contributed by atoms with Crippen molar-refractivity contribution < 1.29 is 24.2 Å². The SMILES string of the molecule is CCCCCCC/C=C\C/C=C\C/C=C\CCCCCCCCCCCCCCCCC(=O)OC(CO)COC(=O)CCCCCCCCCCCCCCC. The van der Waals surface area contributed by atoms with Gasteiger partial charge in [-0.15, -0.1) is 0 Å². The van der Waals surface area contributed by atoms with Crippen LogP contribution in [0, 0.1) is 0 Å². The maximum absolute atomic E-state index is 12.2. The Bertz CT molecular complexity index is 893. The number of rotatable bonds is 45. The zero-order valence-corrected chi connectivity index (χ0v) is 37.4. The number of aliphatic hydroxyl groups excluding tert-OH is 1. The molecule has 0 heterocycles. The summed E-state index contributed by atoms with van der Waals surface area (Å²) in [5.41, 5.74) is 0. The standard InChI is InChI=1S/C51H94O5/c1-3-5-7-9-11-13-15-17-18-19-20-21-22-23-24-25-26-27-28-29-30-31-32-34-36-38-40-42-44-46-51(54)56-49(47-52)48-55-50(53)45-43-41-39-37-35-33-16-14-12-10-8-6-4-2/h15,17,19-20,22-23,49,52H,3-14,16,18,21,24-48H2,1-2H3/b17-15-,20-19-,23-22-. The van der Waals surface area contributed by atoms with Gasteiger partial charge in [0.25, 0.3) is 0 Å². The molecule has 0 aliphatic rings. The van der Waals surface area contributed by atoms with Crippen LogP contribution in [0.2, 0.25) is 0 Å². The second kappa shape index (κ2) is 47.5. The molecule has 0 aliphatic carbocycles. The number of unbranched alkanes of at least 4 members (excludes halogenated alkanes) is 31. The number of esters is 2. The molecule has 0 radical (unpaired) electrons. The van der Waals surface area contributed by atoms with E-state index in [4.69, 9.17) is 9.47 Å². The number of ether oxygens (including phenoxy) is 2. The van der Waals surface area contributed by atoms with E-state index in [-0.39, 0.29) is 25.2 Å². The second-order valence-corrected chi connectivity index (χ2v) is 16.5. The van der Waals surface area contributed by atoms with Gasteiger partial charge in [0.05, 0.1) is 6.61 Å². The van der Waals surface area contributed by atoms with Crippen LogP contribution in [0.5, 0.6) is 0 Å². The molecule has 0 aromatic rings. The average molecular weight is 787 g/mol. The number of hydrogen-bond donors (Lipinski definition) is 1. The molecule has 0 amide bonds. The van der Waals surface area contributed by atoms with E-state index in [1.807, 2.05) is 0 Å². The van der Waals surface area contributed by atoms with E-state index in [1.165, 1.54) is 180 Å². The van der Waals surface area contributed by atoms with Crippen LogP contribution in [0.4, 0.5) is 0 Å². The average Bonchev–Trinajstić information content (AvgIpc) is 3.20. The second-order valence-electron chi connectivity index (χ2n) is 16.5. The molecule has 1 N–H and O–H groups in total. The maximum Gasteiger partial charge on any atom is 0.306 e. The predicted octanol–water partition coefficient (Wildman–Crippen LogP) is 16.0. The van der Waals surface area contributed by atoms with E-state index >= 15 is 0 Å². The van der Waals surface area contributed by atoms with E-state index < -0.39 is 6.10 Å². The van der Waals surface area contributed by atoms with Crippen LogP contribution in [-0.2, 0) is 19.1 Å². The first-order chi connectivity index (χ1) is 27.6. The van der Waals surface area contributed by atoms with Crippen molar-refractivity contribution >= 4 is 11.9 Å². The van der Waals surface area contributed by atoms with Gasteiger partial charge in [0.1, 0.15) is 6.61 Å². The Kier molecular flexibility index (Phi) is 45.9. The largest absolute Gasteiger partial charge is 0.462 e. The topological polar surface area (TPSA) is 72.8 Å². The van der Waals surface area contributed by atoms with Crippen LogP contribution >= 0.6 is 0 Å². The maximum atomic E-state index is 12.2. The normalized spacial score (nSPS) is 12.4. The molecule has 0 rings (SSSR count). The molecule has 1 atom stereocenters. The van der Waals surface area contributed by atoms with Gasteiger partial charge in [-0.1, -0.05) is 230 Å². The van der Waals surface area contributed by atoms with Gasteiger partial charge in [-0.2, -0.15) is 0 Å². The summed E-state index contributed by atoms with van der Waals surface area (Å²) >= 11 is 0. The molecule has 0 fully saturated rings. The molecule has 0 aliphatic heterocycles. The third-order valence-corrected chi connectivity index (χ3v) is 10.9. The van der Waals surface area contributed by atoms with Crippen molar-refractivity contribution in [2.24, 2.45) is 0 Å². The van der Waals surface area contributed by atoms with Crippen LogP contribution in [0.1, 0.15) is 258 Å². The molecule has 0 aromatic carbocycles. The lowest BCUT2D eigenvalue weighted by atomic mass is 10.0. The number of aliphatic hydroxyl groups is 1. The summed E-state index contributed by atoms with van der Waals surface area (Å²) in [6, 6.07) is 0. The minimum absolute atomic E-state index is 0.0616. The van der Waals surface area contributed by atoms with Gasteiger partial charge in [0, 0.05) is 12.8 Å². The summed E-state index contributed by atoms with van der Waals surface area (Å²) in [7, 11) is 0. The molecule has 0 aromatic heterocycles. The highest BCUT2D eigenvalue weighted by Gasteiger charge is 2.16. The minimum Gasteiger partial charge on any atom is -0.462 e. The van der Waals surface area contributed by atoms with Crippen molar-refractivity contribution in [2.45, 2.75) is 264 Å². The van der Waals surface area contributed by atoms with Crippen molar-refractivity contribution in [1.29, 1.82) is 0 Å². The summed E-state index contributed by atoms with van der Waals surface area (Å²) in [6.45, 7) is 4.15. The van der Waals surface area contributed by atoms with Crippen molar-refractivity contribution in [3.8, 4) is 0 Å². The molecule has 0 saturated carbocycles. The van der Waals surface area contributed by atoms with Crippen LogP contribution in [0.3, 0.4) is 0 Å². The van der Waals surface area contributed by atoms with Gasteiger partial charge in [-0.05, 0) is 51.4 Å². The Hall–Kier alpha value is -1.88. The van der Waals surface area contributed by atoms with E-state index in [0.717, 1.165) is 51.4 Å². The molecule has 0 bridgehead atoms. The van der Waals surface area contributed by atoms with E-state index in [9.17, 15) is 14.7 Å². The summed E-state index contributed by atoms with van der Waals surface area (Å²) in [6.07, 6.45) is 59.5. The lowest BCUT2D eigenvalue weighted by molar-refractivity contribution is -0.161. The fraction of sp³-hybridized carbons (Fsp3) is 0.843. The highest BCUT2D eigenvalue weighted by atomic mass is 16.6. The van der Waals surface area contributed by atoms with Crippen LogP contribution in [-0.4, -0.2) is 36.4 Å². The lowest BCUT2D eigenvalue weighted by Crippen LogP contribution is -2.28. The first-order valence-electron chi connectivity index (χ1n) is 24.5. The van der Waals surface area contributed by atoms with Crippen LogP contribution in [0.15, 0.2) is 36.5 Å². The summed E-state index contributed by atoms with van der Waals surface area (Å²) in [5.74, 6) is -0.581. The Balaban J connectivity index is 3.46. The molecule has 56 heavy (non-hydrogen) atoms. The Labute approximate surface area is 348 Å². The van der Waals surface area contributed by atoms with Gasteiger partial charge >= 0.3 is 11.9 Å². The van der Waals surface area contributed by atoms with Crippen molar-refractivity contribution in [3.63, 3.8) is 0 Å². The number of hydrogen-bond acceptors (Lipinski definition) is 5. The molecule has 1 unspecified atom stereocenters. The molecule has 5 heteroatoms. The summed E-state index contributed by atoms with van der Waals surface area (Å²) in [5, 5.41) is 9.59. The third kappa shape index (κ3) is 44.8. The lowest BCUT2D eigenvalue weighted by Gasteiger charge is -2.15. The van der Waals surface area contributed by atoms with E-state index in [2.05, 4.69) is 50.3 Å². The summed E-state index contributed by atoms with van der Waals surface area (Å²) in [4.78, 5) is 24.4. The first-order valence-corrected chi connectivity index (χ1v) is 24.5. The zero-order chi connectivity index (χ0) is 40.7. The van der Waals surface area contributed by atoms with E-state index in [1.54, 1.807) is 0 Å². The number of allylic oxidation sites excluding steroid dienone is 6. The van der Waals surface area contributed by atoms with Crippen molar-refractivity contribution in [1.82, 2.24) is 0 Å².